The number of hydrogen-bond acceptors (Lipinski definition) is 2. The third-order valence-electron chi connectivity index (χ3n) is 1.01. The Labute approximate surface area is 61.8 Å². The molecule has 54 valence electrons. The van der Waals surface area contributed by atoms with E-state index in [9.17, 15) is 0 Å². The molecular weight excluding hydrogens is 132 g/mol. The van der Waals surface area contributed by atoms with Crippen LogP contribution < -0.4 is 11.1 Å². The Hall–Kier alpha value is -0.150. The third kappa shape index (κ3) is 4.36. The van der Waals surface area contributed by atoms with E-state index in [0.29, 0.717) is 11.0 Å². The Morgan fingerprint density at radius 3 is 2.00 bits per heavy atom. The monoisotopic (exact) mass is 146 g/mol. The highest BCUT2D eigenvalue weighted by Crippen LogP contribution is 1.85. The van der Waals surface area contributed by atoms with Gasteiger partial charge in [-0.2, -0.15) is 0 Å². The van der Waals surface area contributed by atoms with E-state index in [2.05, 4.69) is 19.2 Å². The lowest BCUT2D eigenvalue weighted by molar-refractivity contribution is 0.568. The van der Waals surface area contributed by atoms with E-state index in [1.807, 2.05) is 6.92 Å². The quantitative estimate of drug-likeness (QED) is 0.574. The predicted molar refractivity (Wildman–Crippen MR) is 44.5 cm³/mol. The molecule has 0 radical (unpaired) electrons. The molecule has 0 saturated heterocycles. The zero-order chi connectivity index (χ0) is 7.44. The molecule has 2 nitrogen and oxygen atoms in total. The van der Waals surface area contributed by atoms with Gasteiger partial charge >= 0.3 is 0 Å². The minimum Gasteiger partial charge on any atom is -0.392 e. The molecule has 1 atom stereocenters. The van der Waals surface area contributed by atoms with Crippen molar-refractivity contribution in [3.05, 3.63) is 0 Å². The van der Waals surface area contributed by atoms with Crippen molar-refractivity contribution >= 4 is 17.2 Å². The van der Waals surface area contributed by atoms with E-state index in [4.69, 9.17) is 18.0 Å². The first-order valence-electron chi connectivity index (χ1n) is 3.09. The maximum absolute atomic E-state index is 5.35. The van der Waals surface area contributed by atoms with E-state index in [1.54, 1.807) is 0 Å². The molecule has 0 aromatic rings. The number of rotatable bonds is 3. The van der Waals surface area contributed by atoms with Crippen molar-refractivity contribution in [1.29, 1.82) is 0 Å². The van der Waals surface area contributed by atoms with Crippen molar-refractivity contribution < 1.29 is 0 Å². The van der Waals surface area contributed by atoms with E-state index in [0.717, 1.165) is 0 Å². The van der Waals surface area contributed by atoms with Crippen LogP contribution in [0.2, 0.25) is 0 Å². The lowest BCUT2D eigenvalue weighted by Gasteiger charge is -2.14. The lowest BCUT2D eigenvalue weighted by Crippen LogP contribution is -2.41. The van der Waals surface area contributed by atoms with E-state index in [1.165, 1.54) is 0 Å². The summed E-state index contributed by atoms with van der Waals surface area (Å²) in [5.74, 6) is 0. The summed E-state index contributed by atoms with van der Waals surface area (Å²) in [6, 6.07) is 0.599. The van der Waals surface area contributed by atoms with Gasteiger partial charge in [-0.05, 0) is 6.92 Å². The fourth-order valence-corrected chi connectivity index (χ4v) is 0.650. The average Bonchev–Trinajstić information content (AvgIpc) is 1.63. The highest BCUT2D eigenvalue weighted by molar-refractivity contribution is 7.80. The van der Waals surface area contributed by atoms with E-state index < -0.39 is 0 Å². The number of hydrogen-bond donors (Lipinski definition) is 2. The molecule has 0 spiro atoms. The number of nitrogens with two attached hydrogens (primary N) is 1. The van der Waals surface area contributed by atoms with Crippen LogP contribution in [-0.2, 0) is 0 Å². The first kappa shape index (κ1) is 8.85. The van der Waals surface area contributed by atoms with Gasteiger partial charge < -0.3 is 11.1 Å². The maximum atomic E-state index is 5.35. The first-order chi connectivity index (χ1) is 4.04. The number of nitrogens with one attached hydrogen (secondary N) is 1. The standard InChI is InChI=1S/C6H14N2S/c1-4(2)8-5(3)6(7)9/h4-5,8H,1-3H3,(H2,7,9)/t5-/m1/s1. The van der Waals surface area contributed by atoms with Crippen molar-refractivity contribution in [2.45, 2.75) is 32.9 Å². The fourth-order valence-electron chi connectivity index (χ4n) is 0.582. The summed E-state index contributed by atoms with van der Waals surface area (Å²) in [4.78, 5) is 0.531. The van der Waals surface area contributed by atoms with Gasteiger partial charge in [0.1, 0.15) is 0 Å². The molecule has 0 bridgehead atoms. The summed E-state index contributed by atoms with van der Waals surface area (Å²) in [5.41, 5.74) is 5.35. The van der Waals surface area contributed by atoms with Crippen LogP contribution in [0.15, 0.2) is 0 Å². The van der Waals surface area contributed by atoms with Crippen LogP contribution in [0.4, 0.5) is 0 Å². The molecule has 3 N–H and O–H groups in total. The summed E-state index contributed by atoms with van der Waals surface area (Å²) >= 11 is 4.75. The second-order valence-corrected chi connectivity index (χ2v) is 2.92. The zero-order valence-electron chi connectivity index (χ0n) is 6.14. The molecule has 0 aromatic heterocycles. The van der Waals surface area contributed by atoms with Gasteiger partial charge in [0.2, 0.25) is 0 Å². The minimum atomic E-state index is 0.153. The van der Waals surface area contributed by atoms with Crippen LogP contribution in [0.3, 0.4) is 0 Å². The lowest BCUT2D eigenvalue weighted by atomic mass is 10.3. The minimum absolute atomic E-state index is 0.153. The van der Waals surface area contributed by atoms with Crippen molar-refractivity contribution in [3.63, 3.8) is 0 Å². The van der Waals surface area contributed by atoms with Crippen molar-refractivity contribution in [1.82, 2.24) is 5.32 Å². The molecule has 0 heterocycles. The van der Waals surface area contributed by atoms with Gasteiger partial charge in [0.15, 0.2) is 0 Å². The summed E-state index contributed by atoms with van der Waals surface area (Å²) < 4.78 is 0. The van der Waals surface area contributed by atoms with Crippen LogP contribution in [-0.4, -0.2) is 17.1 Å². The molecule has 0 aliphatic heterocycles. The van der Waals surface area contributed by atoms with Crippen LogP contribution in [0.1, 0.15) is 20.8 Å². The maximum Gasteiger partial charge on any atom is 0.0897 e. The second-order valence-electron chi connectivity index (χ2n) is 2.45. The molecule has 3 heteroatoms. The molecule has 0 aliphatic rings. The average molecular weight is 146 g/mol. The van der Waals surface area contributed by atoms with Gasteiger partial charge in [-0.1, -0.05) is 26.1 Å². The molecule has 0 rings (SSSR count). The molecule has 9 heavy (non-hydrogen) atoms. The van der Waals surface area contributed by atoms with Crippen molar-refractivity contribution in [3.8, 4) is 0 Å². The number of thiocarbonyl (C=S) groups is 1. The van der Waals surface area contributed by atoms with Gasteiger partial charge in [-0.15, -0.1) is 0 Å². The summed E-state index contributed by atoms with van der Waals surface area (Å²) in [5, 5.41) is 3.18. The van der Waals surface area contributed by atoms with Crippen LogP contribution in [0.25, 0.3) is 0 Å². The Morgan fingerprint density at radius 2 is 1.89 bits per heavy atom. The molecule has 0 aromatic carbocycles. The molecule has 0 fully saturated rings. The summed E-state index contributed by atoms with van der Waals surface area (Å²) in [7, 11) is 0. The Bertz CT molecular complexity index is 101. The van der Waals surface area contributed by atoms with Gasteiger partial charge in [0, 0.05) is 6.04 Å². The van der Waals surface area contributed by atoms with Crippen LogP contribution >= 0.6 is 12.2 Å². The van der Waals surface area contributed by atoms with Gasteiger partial charge in [0.25, 0.3) is 0 Å². The smallest absolute Gasteiger partial charge is 0.0897 e. The van der Waals surface area contributed by atoms with Gasteiger partial charge in [0.05, 0.1) is 11.0 Å². The fraction of sp³-hybridized carbons (Fsp3) is 0.833. The predicted octanol–water partition coefficient (Wildman–Crippen LogP) is 0.659. The highest BCUT2D eigenvalue weighted by Gasteiger charge is 2.03. The van der Waals surface area contributed by atoms with Crippen molar-refractivity contribution in [2.75, 3.05) is 0 Å². The largest absolute Gasteiger partial charge is 0.392 e. The molecule has 0 aliphatic carbocycles. The molecular formula is C6H14N2S. The summed E-state index contributed by atoms with van der Waals surface area (Å²) in [6.45, 7) is 6.09. The summed E-state index contributed by atoms with van der Waals surface area (Å²) in [6.07, 6.45) is 0. The second kappa shape index (κ2) is 3.80. The van der Waals surface area contributed by atoms with E-state index >= 15 is 0 Å². The Balaban J connectivity index is 3.50. The van der Waals surface area contributed by atoms with Crippen LogP contribution in [0, 0.1) is 0 Å². The SMILES string of the molecule is CC(C)N[C@H](C)C(N)=S. The molecule has 0 saturated carbocycles. The highest BCUT2D eigenvalue weighted by atomic mass is 32.1. The topological polar surface area (TPSA) is 38.0 Å². The van der Waals surface area contributed by atoms with E-state index in [-0.39, 0.29) is 6.04 Å². The van der Waals surface area contributed by atoms with Gasteiger partial charge in [-0.25, -0.2) is 0 Å². The Kier molecular flexibility index (Phi) is 3.73. The molecule has 0 unspecified atom stereocenters. The zero-order valence-corrected chi connectivity index (χ0v) is 6.96. The Morgan fingerprint density at radius 1 is 1.44 bits per heavy atom. The van der Waals surface area contributed by atoms with Crippen molar-refractivity contribution in [2.24, 2.45) is 5.73 Å². The first-order valence-corrected chi connectivity index (χ1v) is 3.50. The normalized spacial score (nSPS) is 13.8. The van der Waals surface area contributed by atoms with Gasteiger partial charge in [-0.3, -0.25) is 0 Å². The molecule has 0 amide bonds. The van der Waals surface area contributed by atoms with Crippen LogP contribution in [0.5, 0.6) is 0 Å². The third-order valence-corrected chi connectivity index (χ3v) is 1.36.